The Morgan fingerprint density at radius 2 is 2.07 bits per heavy atom. The second kappa shape index (κ2) is 9.30. The molecule has 0 unspecified atom stereocenters. The second-order valence-electron chi connectivity index (χ2n) is 7.22. The standard InChI is InChI=1S/C22H23FN4O3/c1-15-4-2-3-5-18(15)21(29)26(14-28)13-16(10-23)11-25-12-19-20(24)8-9-27(22(19)30)17-6-7-17/h2-5,8-10,12,14,17H,6-7,11,13,24H2,1H3/b16-10-,25-12?. The smallest absolute Gasteiger partial charge is 0.261 e. The molecule has 1 aliphatic carbocycles. The van der Waals surface area contributed by atoms with Gasteiger partial charge in [-0.2, -0.15) is 0 Å². The van der Waals surface area contributed by atoms with E-state index < -0.39 is 5.91 Å². The number of halogens is 1. The van der Waals surface area contributed by atoms with Gasteiger partial charge in [-0.05, 0) is 43.0 Å². The summed E-state index contributed by atoms with van der Waals surface area (Å²) in [5.41, 5.74) is 7.36. The number of nitrogens with zero attached hydrogens (tertiary/aromatic N) is 3. The van der Waals surface area contributed by atoms with Gasteiger partial charge < -0.3 is 10.3 Å². The van der Waals surface area contributed by atoms with Crippen molar-refractivity contribution in [2.75, 3.05) is 18.8 Å². The van der Waals surface area contributed by atoms with Crippen LogP contribution in [0, 0.1) is 6.92 Å². The van der Waals surface area contributed by atoms with Gasteiger partial charge in [-0.1, -0.05) is 18.2 Å². The van der Waals surface area contributed by atoms with Gasteiger partial charge >= 0.3 is 0 Å². The number of amides is 2. The highest BCUT2D eigenvalue weighted by Crippen LogP contribution is 2.33. The molecule has 1 aromatic heterocycles. The molecule has 0 spiro atoms. The third-order valence-corrected chi connectivity index (χ3v) is 4.94. The first-order valence-corrected chi connectivity index (χ1v) is 9.56. The van der Waals surface area contributed by atoms with Crippen molar-refractivity contribution >= 4 is 24.2 Å². The predicted molar refractivity (Wildman–Crippen MR) is 113 cm³/mol. The lowest BCUT2D eigenvalue weighted by Crippen LogP contribution is -2.32. The van der Waals surface area contributed by atoms with E-state index in [1.54, 1.807) is 48.0 Å². The van der Waals surface area contributed by atoms with Crippen molar-refractivity contribution < 1.29 is 14.0 Å². The summed E-state index contributed by atoms with van der Waals surface area (Å²) < 4.78 is 15.0. The van der Waals surface area contributed by atoms with E-state index in [1.807, 2.05) is 0 Å². The number of carbonyl (C=O) groups excluding carboxylic acids is 2. The van der Waals surface area contributed by atoms with E-state index >= 15 is 0 Å². The van der Waals surface area contributed by atoms with Crippen LogP contribution in [0.5, 0.6) is 0 Å². The summed E-state index contributed by atoms with van der Waals surface area (Å²) in [7, 11) is 0. The molecule has 1 saturated carbocycles. The molecule has 2 amide bonds. The summed E-state index contributed by atoms with van der Waals surface area (Å²) in [5, 5.41) is 0. The lowest BCUT2D eigenvalue weighted by molar-refractivity contribution is -0.115. The number of aromatic nitrogens is 1. The van der Waals surface area contributed by atoms with Crippen molar-refractivity contribution in [1.29, 1.82) is 0 Å². The number of nitrogens with two attached hydrogens (primary N) is 1. The molecule has 2 N–H and O–H groups in total. The Hall–Kier alpha value is -3.55. The van der Waals surface area contributed by atoms with Crippen molar-refractivity contribution in [2.45, 2.75) is 25.8 Å². The zero-order chi connectivity index (χ0) is 21.7. The van der Waals surface area contributed by atoms with Gasteiger partial charge in [0.05, 0.1) is 25.0 Å². The fourth-order valence-electron chi connectivity index (χ4n) is 3.07. The maximum absolute atomic E-state index is 13.4. The number of aliphatic imine (C=N–C) groups is 1. The van der Waals surface area contributed by atoms with Crippen LogP contribution in [0.15, 0.2) is 58.2 Å². The average Bonchev–Trinajstić information content (AvgIpc) is 3.58. The quantitative estimate of drug-likeness (QED) is 0.534. The first kappa shape index (κ1) is 21.2. The number of hydrogen-bond acceptors (Lipinski definition) is 5. The largest absolute Gasteiger partial charge is 0.398 e. The first-order valence-electron chi connectivity index (χ1n) is 9.56. The second-order valence-corrected chi connectivity index (χ2v) is 7.22. The summed E-state index contributed by atoms with van der Waals surface area (Å²) in [6.45, 7) is 1.38. The van der Waals surface area contributed by atoms with E-state index in [9.17, 15) is 18.8 Å². The molecule has 0 bridgehead atoms. The molecule has 1 aromatic carbocycles. The monoisotopic (exact) mass is 410 g/mol. The number of pyridine rings is 1. The molecule has 1 heterocycles. The predicted octanol–water partition coefficient (Wildman–Crippen LogP) is 2.64. The number of anilines is 1. The topological polar surface area (TPSA) is 97.8 Å². The van der Waals surface area contributed by atoms with E-state index in [1.165, 1.54) is 6.21 Å². The van der Waals surface area contributed by atoms with Crippen LogP contribution in [0.4, 0.5) is 10.1 Å². The minimum absolute atomic E-state index is 0.109. The van der Waals surface area contributed by atoms with Crippen LogP contribution in [-0.4, -0.2) is 41.1 Å². The Balaban J connectivity index is 1.71. The summed E-state index contributed by atoms with van der Waals surface area (Å²) >= 11 is 0. The third-order valence-electron chi connectivity index (χ3n) is 4.94. The van der Waals surface area contributed by atoms with Crippen molar-refractivity contribution in [3.8, 4) is 0 Å². The molecular weight excluding hydrogens is 387 g/mol. The van der Waals surface area contributed by atoms with Crippen LogP contribution in [0.1, 0.15) is 40.4 Å². The van der Waals surface area contributed by atoms with Gasteiger partial charge in [0.1, 0.15) is 0 Å². The first-order chi connectivity index (χ1) is 14.5. The Bertz CT molecular complexity index is 1070. The number of nitrogen functional groups attached to an aromatic ring is 1. The maximum atomic E-state index is 13.4. The summed E-state index contributed by atoms with van der Waals surface area (Å²) in [5.74, 6) is -0.522. The van der Waals surface area contributed by atoms with Crippen LogP contribution in [0.2, 0.25) is 0 Å². The highest BCUT2D eigenvalue weighted by molar-refractivity contribution is 6.01. The lowest BCUT2D eigenvalue weighted by atomic mass is 10.1. The molecule has 1 fully saturated rings. The summed E-state index contributed by atoms with van der Waals surface area (Å²) in [4.78, 5) is 41.5. The molecule has 2 aromatic rings. The van der Waals surface area contributed by atoms with Gasteiger partial charge in [0.2, 0.25) is 6.41 Å². The number of benzene rings is 1. The molecule has 0 aliphatic heterocycles. The van der Waals surface area contributed by atoms with E-state index in [4.69, 9.17) is 5.73 Å². The number of aryl methyl sites for hydroxylation is 1. The number of carbonyl (C=O) groups is 2. The zero-order valence-electron chi connectivity index (χ0n) is 16.6. The SMILES string of the molecule is Cc1ccccc1C(=O)N(C=O)C/C(=C\F)CN=Cc1c(N)ccn(C2CC2)c1=O. The van der Waals surface area contributed by atoms with Gasteiger partial charge in [0.15, 0.2) is 0 Å². The fourth-order valence-corrected chi connectivity index (χ4v) is 3.07. The maximum Gasteiger partial charge on any atom is 0.261 e. The molecule has 8 heteroatoms. The molecule has 156 valence electrons. The van der Waals surface area contributed by atoms with Crippen molar-refractivity contribution in [1.82, 2.24) is 9.47 Å². The van der Waals surface area contributed by atoms with Crippen LogP contribution in [0.25, 0.3) is 0 Å². The van der Waals surface area contributed by atoms with Gasteiger partial charge in [0, 0.05) is 29.7 Å². The average molecular weight is 410 g/mol. The Labute approximate surface area is 173 Å². The number of rotatable bonds is 8. The van der Waals surface area contributed by atoms with E-state index in [2.05, 4.69) is 4.99 Å². The molecule has 0 radical (unpaired) electrons. The van der Waals surface area contributed by atoms with Crippen LogP contribution in [0.3, 0.4) is 0 Å². The molecule has 0 atom stereocenters. The molecular formula is C22H23FN4O3. The normalized spacial score (nSPS) is 14.1. The van der Waals surface area contributed by atoms with E-state index in [-0.39, 0.29) is 41.5 Å². The van der Waals surface area contributed by atoms with Crippen LogP contribution >= 0.6 is 0 Å². The number of hydrogen-bond donors (Lipinski definition) is 1. The Morgan fingerprint density at radius 1 is 1.33 bits per heavy atom. The zero-order valence-corrected chi connectivity index (χ0v) is 16.6. The summed E-state index contributed by atoms with van der Waals surface area (Å²) in [6.07, 6.45) is 5.56. The van der Waals surface area contributed by atoms with E-state index in [0.717, 1.165) is 17.7 Å². The Morgan fingerprint density at radius 3 is 2.70 bits per heavy atom. The minimum Gasteiger partial charge on any atom is -0.398 e. The third kappa shape index (κ3) is 4.71. The highest BCUT2D eigenvalue weighted by atomic mass is 19.1. The van der Waals surface area contributed by atoms with Gasteiger partial charge in [-0.25, -0.2) is 4.39 Å². The Kier molecular flexibility index (Phi) is 6.56. The molecule has 7 nitrogen and oxygen atoms in total. The lowest BCUT2D eigenvalue weighted by Gasteiger charge is -2.17. The summed E-state index contributed by atoms with van der Waals surface area (Å²) in [6, 6.07) is 8.67. The van der Waals surface area contributed by atoms with Gasteiger partial charge in [0.25, 0.3) is 11.5 Å². The van der Waals surface area contributed by atoms with Crippen molar-refractivity contribution in [2.24, 2.45) is 4.99 Å². The fraction of sp³-hybridized carbons (Fsp3) is 0.273. The van der Waals surface area contributed by atoms with Crippen LogP contribution < -0.4 is 11.3 Å². The van der Waals surface area contributed by atoms with Crippen LogP contribution in [-0.2, 0) is 4.79 Å². The minimum atomic E-state index is -0.522. The highest BCUT2D eigenvalue weighted by Gasteiger charge is 2.25. The molecule has 30 heavy (non-hydrogen) atoms. The van der Waals surface area contributed by atoms with Crippen molar-refractivity contribution in [3.63, 3.8) is 0 Å². The molecule has 1 aliphatic rings. The molecule has 0 saturated heterocycles. The van der Waals surface area contributed by atoms with E-state index in [0.29, 0.717) is 23.9 Å². The van der Waals surface area contributed by atoms with Crippen molar-refractivity contribution in [3.05, 3.63) is 75.5 Å². The number of imide groups is 1. The molecule has 3 rings (SSSR count). The van der Waals surface area contributed by atoms with Gasteiger partial charge in [-0.3, -0.25) is 24.3 Å². The van der Waals surface area contributed by atoms with Gasteiger partial charge in [-0.15, -0.1) is 0 Å².